The summed E-state index contributed by atoms with van der Waals surface area (Å²) >= 11 is 0. The quantitative estimate of drug-likeness (QED) is 0.660. The molecule has 158 valence electrons. The summed E-state index contributed by atoms with van der Waals surface area (Å²) in [7, 11) is 0. The summed E-state index contributed by atoms with van der Waals surface area (Å²) in [5.41, 5.74) is 3.08. The maximum atomic E-state index is 12.5. The van der Waals surface area contributed by atoms with Crippen molar-refractivity contribution in [2.75, 3.05) is 41.3 Å². The molecule has 0 unspecified atom stereocenters. The zero-order valence-electron chi connectivity index (χ0n) is 17.3. The first-order chi connectivity index (χ1) is 15.0. The fourth-order valence-corrected chi connectivity index (χ4v) is 3.74. The summed E-state index contributed by atoms with van der Waals surface area (Å²) in [6.45, 7) is 4.79. The van der Waals surface area contributed by atoms with Gasteiger partial charge in [0, 0.05) is 37.4 Å². The number of benzene rings is 2. The van der Waals surface area contributed by atoms with Crippen LogP contribution >= 0.6 is 0 Å². The van der Waals surface area contributed by atoms with Gasteiger partial charge in [0.15, 0.2) is 0 Å². The number of nitrogens with zero attached hydrogens (tertiary/aromatic N) is 3. The van der Waals surface area contributed by atoms with Gasteiger partial charge >= 0.3 is 5.97 Å². The number of rotatable bonds is 5. The zero-order valence-corrected chi connectivity index (χ0v) is 17.3. The molecule has 4 rings (SSSR count). The number of piperazine rings is 1. The molecule has 3 aromatic rings. The molecule has 0 saturated carbocycles. The van der Waals surface area contributed by atoms with Gasteiger partial charge in [0.25, 0.3) is 5.91 Å². The molecule has 0 spiro atoms. The molecule has 0 bridgehead atoms. The maximum Gasteiger partial charge on any atom is 0.339 e. The Balaban J connectivity index is 1.49. The van der Waals surface area contributed by atoms with Crippen molar-refractivity contribution in [1.29, 1.82) is 0 Å². The van der Waals surface area contributed by atoms with Crippen LogP contribution in [0.1, 0.15) is 26.3 Å². The highest BCUT2D eigenvalue weighted by molar-refractivity contribution is 6.05. The summed E-state index contributed by atoms with van der Waals surface area (Å²) in [5, 5.41) is 12.5. The first-order valence-corrected chi connectivity index (χ1v) is 10.2. The lowest BCUT2D eigenvalue weighted by molar-refractivity contribution is 0.0696. The molecule has 31 heavy (non-hydrogen) atoms. The maximum absolute atomic E-state index is 12.5. The smallest absolute Gasteiger partial charge is 0.339 e. The number of pyridine rings is 1. The van der Waals surface area contributed by atoms with Crippen LogP contribution in [0.2, 0.25) is 0 Å². The molecular formula is C24H24N4O3. The Morgan fingerprint density at radius 1 is 0.935 bits per heavy atom. The standard InChI is InChI=1S/C24H24N4O3/c1-17-6-5-7-18(14-17)23(29)26-19-15-21(24(30)31)22(25-16-19)28-12-10-27(11-13-28)20-8-3-2-4-9-20/h2-9,14-16H,10-13H2,1H3,(H,26,29)(H,30,31). The van der Waals surface area contributed by atoms with E-state index in [4.69, 9.17) is 0 Å². The molecule has 2 N–H and O–H groups in total. The fraction of sp³-hybridized carbons (Fsp3) is 0.208. The number of amides is 1. The number of nitrogens with one attached hydrogen (secondary N) is 1. The number of hydrogen-bond donors (Lipinski definition) is 2. The molecule has 2 aromatic carbocycles. The Morgan fingerprint density at radius 3 is 2.32 bits per heavy atom. The number of carbonyl (C=O) groups excluding carboxylic acids is 1. The van der Waals surface area contributed by atoms with E-state index in [-0.39, 0.29) is 11.5 Å². The second-order valence-corrected chi connectivity index (χ2v) is 7.53. The Morgan fingerprint density at radius 2 is 1.65 bits per heavy atom. The highest BCUT2D eigenvalue weighted by Gasteiger charge is 2.23. The molecule has 1 aliphatic rings. The highest BCUT2D eigenvalue weighted by atomic mass is 16.4. The normalized spacial score (nSPS) is 13.7. The summed E-state index contributed by atoms with van der Waals surface area (Å²) < 4.78 is 0. The minimum atomic E-state index is -1.07. The SMILES string of the molecule is Cc1cccc(C(=O)Nc2cnc(N3CCN(c4ccccc4)CC3)c(C(=O)O)c2)c1. The minimum absolute atomic E-state index is 0.0789. The third-order valence-corrected chi connectivity index (χ3v) is 5.34. The summed E-state index contributed by atoms with van der Waals surface area (Å²) in [5.74, 6) is -0.945. The lowest BCUT2D eigenvalue weighted by Crippen LogP contribution is -2.47. The van der Waals surface area contributed by atoms with Crippen LogP contribution in [-0.2, 0) is 0 Å². The van der Waals surface area contributed by atoms with E-state index in [2.05, 4.69) is 27.3 Å². The van der Waals surface area contributed by atoms with E-state index in [0.29, 0.717) is 30.2 Å². The van der Waals surface area contributed by atoms with Gasteiger partial charge < -0.3 is 20.2 Å². The number of anilines is 3. The first-order valence-electron chi connectivity index (χ1n) is 10.2. The third kappa shape index (κ3) is 4.66. The Bertz CT molecular complexity index is 1090. The van der Waals surface area contributed by atoms with E-state index in [1.807, 2.05) is 42.2 Å². The second kappa shape index (κ2) is 8.87. The van der Waals surface area contributed by atoms with Crippen molar-refractivity contribution >= 4 is 29.1 Å². The molecule has 0 atom stereocenters. The molecule has 1 aromatic heterocycles. The van der Waals surface area contributed by atoms with E-state index in [1.54, 1.807) is 12.1 Å². The van der Waals surface area contributed by atoms with Crippen molar-refractivity contribution in [3.63, 3.8) is 0 Å². The van der Waals surface area contributed by atoms with Gasteiger partial charge in [-0.05, 0) is 37.3 Å². The van der Waals surface area contributed by atoms with Crippen molar-refractivity contribution < 1.29 is 14.7 Å². The lowest BCUT2D eigenvalue weighted by atomic mass is 10.1. The fourth-order valence-electron chi connectivity index (χ4n) is 3.74. The third-order valence-electron chi connectivity index (χ3n) is 5.34. The Labute approximate surface area is 181 Å². The summed E-state index contributed by atoms with van der Waals surface area (Å²) in [6, 6.07) is 18.8. The van der Waals surface area contributed by atoms with Crippen molar-refractivity contribution in [2.45, 2.75) is 6.92 Å². The lowest BCUT2D eigenvalue weighted by Gasteiger charge is -2.37. The van der Waals surface area contributed by atoms with Crippen molar-refractivity contribution in [1.82, 2.24) is 4.98 Å². The second-order valence-electron chi connectivity index (χ2n) is 7.53. The number of para-hydroxylation sites is 1. The van der Waals surface area contributed by atoms with Gasteiger partial charge in [0.2, 0.25) is 0 Å². The molecular weight excluding hydrogens is 392 g/mol. The molecule has 7 nitrogen and oxygen atoms in total. The topological polar surface area (TPSA) is 85.8 Å². The molecule has 0 aliphatic carbocycles. The summed E-state index contributed by atoms with van der Waals surface area (Å²) in [6.07, 6.45) is 1.51. The zero-order chi connectivity index (χ0) is 21.8. The summed E-state index contributed by atoms with van der Waals surface area (Å²) in [4.78, 5) is 33.1. The first kappa shape index (κ1) is 20.4. The number of carboxylic acid groups (broad SMARTS) is 1. The van der Waals surface area contributed by atoms with Crippen LogP contribution in [0.25, 0.3) is 0 Å². The van der Waals surface area contributed by atoms with Crippen LogP contribution in [0.3, 0.4) is 0 Å². The van der Waals surface area contributed by atoms with Gasteiger partial charge in [-0.2, -0.15) is 0 Å². The number of aryl methyl sites for hydroxylation is 1. The van der Waals surface area contributed by atoms with Gasteiger partial charge in [-0.1, -0.05) is 35.9 Å². The van der Waals surface area contributed by atoms with Gasteiger partial charge in [-0.15, -0.1) is 0 Å². The molecule has 1 amide bonds. The van der Waals surface area contributed by atoms with Gasteiger partial charge in [-0.3, -0.25) is 4.79 Å². The van der Waals surface area contributed by atoms with E-state index < -0.39 is 5.97 Å². The van der Waals surface area contributed by atoms with Crippen LogP contribution < -0.4 is 15.1 Å². The van der Waals surface area contributed by atoms with Gasteiger partial charge in [0.1, 0.15) is 11.4 Å². The predicted octanol–water partition coefficient (Wildman–Crippen LogP) is 3.67. The number of aromatic nitrogens is 1. The van der Waals surface area contributed by atoms with Crippen LogP contribution in [-0.4, -0.2) is 48.1 Å². The van der Waals surface area contributed by atoms with Crippen molar-refractivity contribution in [3.8, 4) is 0 Å². The van der Waals surface area contributed by atoms with Gasteiger partial charge in [-0.25, -0.2) is 9.78 Å². The number of carbonyl (C=O) groups is 2. The minimum Gasteiger partial charge on any atom is -0.478 e. The van der Waals surface area contributed by atoms with E-state index in [1.165, 1.54) is 12.3 Å². The predicted molar refractivity (Wildman–Crippen MR) is 121 cm³/mol. The number of carboxylic acids is 1. The van der Waals surface area contributed by atoms with E-state index in [0.717, 1.165) is 24.3 Å². The average Bonchev–Trinajstić information content (AvgIpc) is 2.80. The molecule has 1 saturated heterocycles. The molecule has 1 fully saturated rings. The Hall–Kier alpha value is -3.87. The van der Waals surface area contributed by atoms with Gasteiger partial charge in [0.05, 0.1) is 11.9 Å². The van der Waals surface area contributed by atoms with Crippen LogP contribution in [0, 0.1) is 6.92 Å². The van der Waals surface area contributed by atoms with Crippen molar-refractivity contribution in [2.24, 2.45) is 0 Å². The number of aromatic carboxylic acids is 1. The Kier molecular flexibility index (Phi) is 5.84. The van der Waals surface area contributed by atoms with Crippen molar-refractivity contribution in [3.05, 3.63) is 83.6 Å². The number of hydrogen-bond acceptors (Lipinski definition) is 5. The van der Waals surface area contributed by atoms with E-state index in [9.17, 15) is 14.7 Å². The highest BCUT2D eigenvalue weighted by Crippen LogP contribution is 2.24. The molecule has 1 aliphatic heterocycles. The van der Waals surface area contributed by atoms with Crippen LogP contribution in [0.4, 0.5) is 17.2 Å². The largest absolute Gasteiger partial charge is 0.478 e. The monoisotopic (exact) mass is 416 g/mol. The molecule has 7 heteroatoms. The average molecular weight is 416 g/mol. The van der Waals surface area contributed by atoms with Crippen LogP contribution in [0.15, 0.2) is 66.9 Å². The van der Waals surface area contributed by atoms with Crippen LogP contribution in [0.5, 0.6) is 0 Å². The molecule has 2 heterocycles. The molecule has 0 radical (unpaired) electrons. The van der Waals surface area contributed by atoms with E-state index >= 15 is 0 Å².